The van der Waals surface area contributed by atoms with Crippen LogP contribution in [0.3, 0.4) is 0 Å². The first-order valence-corrected chi connectivity index (χ1v) is 14.1. The molecular formula is C32H34F2N4O4. The number of carboxylic acid groups (broad SMARTS) is 1. The molecule has 3 amide bonds. The highest BCUT2D eigenvalue weighted by Gasteiger charge is 2.58. The molecule has 5 rings (SSSR count). The van der Waals surface area contributed by atoms with Gasteiger partial charge in [0.1, 0.15) is 0 Å². The Bertz CT molecular complexity index is 1450. The minimum absolute atomic E-state index is 0.0283. The zero-order chi connectivity index (χ0) is 29.9. The van der Waals surface area contributed by atoms with Crippen LogP contribution in [0.2, 0.25) is 0 Å². The van der Waals surface area contributed by atoms with Crippen LogP contribution in [0, 0.1) is 5.92 Å². The SMILES string of the molecule is CC(=O)NC1CCC(CC(=O)Nc2cnc(-c3ccc(C4(NC(=O)O)CC(F)(F)C4)cc3)c(-c3ccccc3)c2)CC1. The fourth-order valence-corrected chi connectivity index (χ4v) is 6.22. The van der Waals surface area contributed by atoms with Crippen molar-refractivity contribution in [3.63, 3.8) is 0 Å². The van der Waals surface area contributed by atoms with Crippen LogP contribution in [0.4, 0.5) is 19.3 Å². The number of aromatic nitrogens is 1. The second kappa shape index (κ2) is 11.9. The molecule has 0 aliphatic heterocycles. The first-order chi connectivity index (χ1) is 20.0. The molecule has 42 heavy (non-hydrogen) atoms. The van der Waals surface area contributed by atoms with Gasteiger partial charge in [-0.1, -0.05) is 54.6 Å². The van der Waals surface area contributed by atoms with Gasteiger partial charge in [0.2, 0.25) is 11.8 Å². The molecule has 0 atom stereocenters. The van der Waals surface area contributed by atoms with Gasteiger partial charge in [-0.05, 0) is 48.8 Å². The lowest BCUT2D eigenvalue weighted by molar-refractivity contribution is -0.134. The number of hydrogen-bond acceptors (Lipinski definition) is 4. The maximum atomic E-state index is 13.8. The lowest BCUT2D eigenvalue weighted by Gasteiger charge is -2.47. The van der Waals surface area contributed by atoms with Crippen LogP contribution in [-0.4, -0.2) is 40.0 Å². The van der Waals surface area contributed by atoms with E-state index >= 15 is 0 Å². The van der Waals surface area contributed by atoms with Crippen molar-refractivity contribution < 1.29 is 28.3 Å². The van der Waals surface area contributed by atoms with E-state index in [0.29, 0.717) is 23.4 Å². The van der Waals surface area contributed by atoms with Gasteiger partial charge in [-0.15, -0.1) is 0 Å². The third kappa shape index (κ3) is 6.75. The number of rotatable bonds is 8. The summed E-state index contributed by atoms with van der Waals surface area (Å²) in [5.41, 5.74) is 2.73. The smallest absolute Gasteiger partial charge is 0.405 e. The van der Waals surface area contributed by atoms with E-state index in [2.05, 4.69) is 20.9 Å². The Morgan fingerprint density at radius 1 is 0.952 bits per heavy atom. The Kier molecular flexibility index (Phi) is 8.24. The van der Waals surface area contributed by atoms with Gasteiger partial charge < -0.3 is 21.1 Å². The highest BCUT2D eigenvalue weighted by atomic mass is 19.3. The lowest BCUT2D eigenvalue weighted by Crippen LogP contribution is -2.59. The van der Waals surface area contributed by atoms with E-state index in [9.17, 15) is 28.3 Å². The topological polar surface area (TPSA) is 120 Å². The number of carbonyl (C=O) groups is 3. The fourth-order valence-electron chi connectivity index (χ4n) is 6.22. The molecule has 1 aromatic heterocycles. The van der Waals surface area contributed by atoms with Crippen molar-refractivity contribution in [1.82, 2.24) is 15.6 Å². The van der Waals surface area contributed by atoms with Crippen molar-refractivity contribution in [2.24, 2.45) is 5.92 Å². The number of anilines is 1. The summed E-state index contributed by atoms with van der Waals surface area (Å²) in [4.78, 5) is 40.3. The Hall–Kier alpha value is -4.34. The van der Waals surface area contributed by atoms with Crippen molar-refractivity contribution >= 4 is 23.6 Å². The number of benzene rings is 2. The molecule has 2 aliphatic carbocycles. The third-order valence-corrected chi connectivity index (χ3v) is 8.16. The highest BCUT2D eigenvalue weighted by Crippen LogP contribution is 2.52. The number of halogens is 2. The molecule has 2 aromatic carbocycles. The molecule has 0 unspecified atom stereocenters. The number of pyridine rings is 1. The van der Waals surface area contributed by atoms with Gasteiger partial charge in [0, 0.05) is 43.4 Å². The predicted molar refractivity (Wildman–Crippen MR) is 155 cm³/mol. The van der Waals surface area contributed by atoms with E-state index in [1.165, 1.54) is 6.92 Å². The van der Waals surface area contributed by atoms with Crippen molar-refractivity contribution in [3.8, 4) is 22.4 Å². The Labute approximate surface area is 242 Å². The van der Waals surface area contributed by atoms with E-state index in [-0.39, 0.29) is 23.8 Å². The molecule has 2 saturated carbocycles. The second-order valence-corrected chi connectivity index (χ2v) is 11.5. The molecular weight excluding hydrogens is 542 g/mol. The zero-order valence-corrected chi connectivity index (χ0v) is 23.3. The number of amides is 3. The minimum Gasteiger partial charge on any atom is -0.465 e. The van der Waals surface area contributed by atoms with E-state index < -0.39 is 30.4 Å². The largest absolute Gasteiger partial charge is 0.465 e. The van der Waals surface area contributed by atoms with Crippen LogP contribution < -0.4 is 16.0 Å². The monoisotopic (exact) mass is 576 g/mol. The molecule has 10 heteroatoms. The number of hydrogen-bond donors (Lipinski definition) is 4. The molecule has 2 aliphatic rings. The van der Waals surface area contributed by atoms with Crippen LogP contribution in [-0.2, 0) is 15.1 Å². The van der Waals surface area contributed by atoms with Crippen LogP contribution in [0.5, 0.6) is 0 Å². The second-order valence-electron chi connectivity index (χ2n) is 11.5. The molecule has 4 N–H and O–H groups in total. The Morgan fingerprint density at radius 3 is 2.21 bits per heavy atom. The van der Waals surface area contributed by atoms with Crippen LogP contribution in [0.25, 0.3) is 22.4 Å². The van der Waals surface area contributed by atoms with Crippen LogP contribution in [0.1, 0.15) is 57.4 Å². The highest BCUT2D eigenvalue weighted by molar-refractivity contribution is 5.93. The molecule has 0 radical (unpaired) electrons. The van der Waals surface area contributed by atoms with Gasteiger partial charge >= 0.3 is 6.09 Å². The van der Waals surface area contributed by atoms with Crippen molar-refractivity contribution in [1.29, 1.82) is 0 Å². The van der Waals surface area contributed by atoms with Gasteiger partial charge in [-0.2, -0.15) is 0 Å². The van der Waals surface area contributed by atoms with Crippen LogP contribution >= 0.6 is 0 Å². The zero-order valence-electron chi connectivity index (χ0n) is 23.3. The summed E-state index contributed by atoms with van der Waals surface area (Å²) >= 11 is 0. The fraction of sp³-hybridized carbons (Fsp3) is 0.375. The Balaban J connectivity index is 1.34. The molecule has 0 bridgehead atoms. The molecule has 8 nitrogen and oxygen atoms in total. The van der Waals surface area contributed by atoms with E-state index in [4.69, 9.17) is 0 Å². The van der Waals surface area contributed by atoms with Crippen LogP contribution in [0.15, 0.2) is 66.9 Å². The minimum atomic E-state index is -2.92. The summed E-state index contributed by atoms with van der Waals surface area (Å²) in [6.45, 7) is 1.52. The summed E-state index contributed by atoms with van der Waals surface area (Å²) in [6, 6.07) is 18.5. The van der Waals surface area contributed by atoms with Gasteiger partial charge in [0.05, 0.1) is 23.1 Å². The van der Waals surface area contributed by atoms with Gasteiger partial charge in [0.15, 0.2) is 0 Å². The first kappa shape index (κ1) is 29.2. The number of nitrogens with one attached hydrogen (secondary N) is 3. The standard InChI is InChI=1S/C32H34F2N4O4/c1-20(39)36-25-13-7-21(8-14-25)15-28(40)37-26-16-27(22-5-3-2-4-6-22)29(35-17-26)23-9-11-24(12-10-23)31(38-30(41)42)18-32(33,34)19-31/h2-6,9-12,16-17,21,25,38H,7-8,13-15,18-19H2,1H3,(H,36,39)(H,37,40)(H,41,42). The van der Waals surface area contributed by atoms with Crippen molar-refractivity contribution in [3.05, 3.63) is 72.4 Å². The van der Waals surface area contributed by atoms with Gasteiger partial charge in [0.25, 0.3) is 5.92 Å². The first-order valence-electron chi connectivity index (χ1n) is 14.1. The third-order valence-electron chi connectivity index (χ3n) is 8.16. The van der Waals surface area contributed by atoms with Crippen molar-refractivity contribution in [2.75, 3.05) is 5.32 Å². The average molecular weight is 577 g/mol. The number of carbonyl (C=O) groups excluding carboxylic acids is 2. The quantitative estimate of drug-likeness (QED) is 0.250. The summed E-state index contributed by atoms with van der Waals surface area (Å²) in [5, 5.41) is 17.5. The maximum absolute atomic E-state index is 13.8. The average Bonchev–Trinajstić information content (AvgIpc) is 2.93. The maximum Gasteiger partial charge on any atom is 0.405 e. The van der Waals surface area contributed by atoms with Gasteiger partial charge in [-0.25, -0.2) is 13.6 Å². The van der Waals surface area contributed by atoms with E-state index in [0.717, 1.165) is 42.4 Å². The molecule has 220 valence electrons. The van der Waals surface area contributed by atoms with E-state index in [1.54, 1.807) is 30.5 Å². The normalized spacial score (nSPS) is 20.5. The molecule has 0 spiro atoms. The van der Waals surface area contributed by atoms with E-state index in [1.807, 2.05) is 36.4 Å². The molecule has 3 aromatic rings. The molecule has 0 saturated heterocycles. The Morgan fingerprint density at radius 2 is 1.62 bits per heavy atom. The summed E-state index contributed by atoms with van der Waals surface area (Å²) in [7, 11) is 0. The summed E-state index contributed by atoms with van der Waals surface area (Å²) in [5.74, 6) is -2.79. The van der Waals surface area contributed by atoms with Gasteiger partial charge in [-0.3, -0.25) is 14.6 Å². The van der Waals surface area contributed by atoms with Crippen molar-refractivity contribution in [2.45, 2.75) is 69.4 Å². The molecule has 2 fully saturated rings. The predicted octanol–water partition coefficient (Wildman–Crippen LogP) is 6.33. The number of alkyl halides is 2. The summed E-state index contributed by atoms with van der Waals surface area (Å²) in [6.07, 6.45) is 2.93. The lowest BCUT2D eigenvalue weighted by atomic mass is 9.69. The molecule has 1 heterocycles. The number of nitrogens with zero attached hydrogens (tertiary/aromatic N) is 1. The summed E-state index contributed by atoms with van der Waals surface area (Å²) < 4.78 is 27.6.